The highest BCUT2D eigenvalue weighted by molar-refractivity contribution is 7.16. The molecule has 0 saturated carbocycles. The zero-order chi connectivity index (χ0) is 20.4. The zero-order valence-corrected chi connectivity index (χ0v) is 17.6. The van der Waals surface area contributed by atoms with Crippen molar-refractivity contribution in [2.45, 2.75) is 65.7 Å². The summed E-state index contributed by atoms with van der Waals surface area (Å²) in [7, 11) is 0. The number of allylic oxidation sites excluding steroid dienone is 2. The summed E-state index contributed by atoms with van der Waals surface area (Å²) >= 11 is 1.51. The van der Waals surface area contributed by atoms with Crippen molar-refractivity contribution < 1.29 is 14.7 Å². The second-order valence-corrected chi connectivity index (χ2v) is 9.33. The van der Waals surface area contributed by atoms with Gasteiger partial charge < -0.3 is 10.4 Å². The van der Waals surface area contributed by atoms with Crippen LogP contribution in [0.1, 0.15) is 68.9 Å². The highest BCUT2D eigenvalue weighted by Gasteiger charge is 2.38. The number of carbonyl (C=O) groups is 2. The summed E-state index contributed by atoms with van der Waals surface area (Å²) in [6, 6.07) is 2.28. The van der Waals surface area contributed by atoms with Gasteiger partial charge in [-0.1, -0.05) is 30.9 Å². The number of aliphatic carboxylic acids is 1. The van der Waals surface area contributed by atoms with Crippen LogP contribution in [0.4, 0.5) is 5.00 Å². The monoisotopic (exact) mass is 400 g/mol. The van der Waals surface area contributed by atoms with Crippen molar-refractivity contribution in [1.29, 1.82) is 5.26 Å². The van der Waals surface area contributed by atoms with Crippen LogP contribution in [0, 0.1) is 29.1 Å². The summed E-state index contributed by atoms with van der Waals surface area (Å²) in [6.45, 7) is 6.09. The predicted octanol–water partition coefficient (Wildman–Crippen LogP) is 4.91. The fraction of sp³-hybridized carbons (Fsp3) is 0.591. The Kier molecular flexibility index (Phi) is 6.24. The van der Waals surface area contributed by atoms with Crippen molar-refractivity contribution in [1.82, 2.24) is 0 Å². The minimum absolute atomic E-state index is 0.278. The molecule has 0 bridgehead atoms. The number of nitrogens with zero attached hydrogens (tertiary/aromatic N) is 1. The number of fused-ring (bicyclic) bond motifs is 1. The second-order valence-electron chi connectivity index (χ2n) is 8.23. The molecule has 0 fully saturated rings. The lowest BCUT2D eigenvalue weighted by molar-refractivity contribution is -0.146. The first-order chi connectivity index (χ1) is 13.3. The SMILES string of the molecule is CCC[C@H]1CCc2c(sc(NC(=O)[C@H]3CC(C)=C(C)C[C@@H]3C(=O)O)c2C#N)C1. The van der Waals surface area contributed by atoms with Crippen molar-refractivity contribution in [2.75, 3.05) is 5.32 Å². The predicted molar refractivity (Wildman–Crippen MR) is 110 cm³/mol. The number of anilines is 1. The van der Waals surface area contributed by atoms with Crippen molar-refractivity contribution >= 4 is 28.2 Å². The lowest BCUT2D eigenvalue weighted by atomic mass is 9.76. The molecule has 3 atom stereocenters. The van der Waals surface area contributed by atoms with Crippen LogP contribution in [-0.4, -0.2) is 17.0 Å². The maximum Gasteiger partial charge on any atom is 0.307 e. The molecule has 28 heavy (non-hydrogen) atoms. The largest absolute Gasteiger partial charge is 0.481 e. The molecule has 2 N–H and O–H groups in total. The highest BCUT2D eigenvalue weighted by Crippen LogP contribution is 2.41. The summed E-state index contributed by atoms with van der Waals surface area (Å²) in [5.74, 6) is -1.87. The quantitative estimate of drug-likeness (QED) is 0.687. The van der Waals surface area contributed by atoms with Crippen molar-refractivity contribution in [3.63, 3.8) is 0 Å². The molecule has 0 aromatic carbocycles. The molecule has 1 aromatic heterocycles. The number of carboxylic acid groups (broad SMARTS) is 1. The molecule has 0 saturated heterocycles. The van der Waals surface area contributed by atoms with E-state index in [0.717, 1.165) is 42.4 Å². The molecule has 0 aliphatic heterocycles. The molecule has 0 unspecified atom stereocenters. The van der Waals surface area contributed by atoms with Gasteiger partial charge in [-0.3, -0.25) is 9.59 Å². The van der Waals surface area contributed by atoms with Crippen LogP contribution in [0.2, 0.25) is 0 Å². The molecule has 3 rings (SSSR count). The van der Waals surface area contributed by atoms with Crippen LogP contribution in [-0.2, 0) is 22.4 Å². The number of nitriles is 1. The third-order valence-electron chi connectivity index (χ3n) is 6.33. The van der Waals surface area contributed by atoms with E-state index in [-0.39, 0.29) is 5.91 Å². The molecule has 5 nitrogen and oxygen atoms in total. The Morgan fingerprint density at radius 1 is 1.21 bits per heavy atom. The fourth-order valence-corrected chi connectivity index (χ4v) is 5.86. The van der Waals surface area contributed by atoms with Crippen LogP contribution in [0.3, 0.4) is 0 Å². The molecule has 2 aliphatic rings. The standard InChI is InChI=1S/C22H28N2O3S/c1-4-5-14-6-7-15-18(11-23)21(28-19(15)10-14)24-20(25)16-8-12(2)13(3)9-17(16)22(26)27/h14,16-17H,4-10H2,1-3H3,(H,24,25)(H,26,27)/t14-,16-,17-/m0/s1. The number of carboxylic acids is 1. The van der Waals surface area contributed by atoms with Gasteiger partial charge >= 0.3 is 5.97 Å². The summed E-state index contributed by atoms with van der Waals surface area (Å²) in [4.78, 5) is 25.9. The van der Waals surface area contributed by atoms with Crippen molar-refractivity contribution in [3.8, 4) is 6.07 Å². The minimum atomic E-state index is -0.930. The molecule has 1 heterocycles. The van der Waals surface area contributed by atoms with Gasteiger partial charge in [0.05, 0.1) is 17.4 Å². The normalized spacial score (nSPS) is 24.4. The lowest BCUT2D eigenvalue weighted by Crippen LogP contribution is -2.36. The third-order valence-corrected chi connectivity index (χ3v) is 7.50. The molecule has 150 valence electrons. The Morgan fingerprint density at radius 3 is 2.50 bits per heavy atom. The maximum absolute atomic E-state index is 13.0. The third kappa shape index (κ3) is 4.00. The Hall–Kier alpha value is -2.13. The first kappa shape index (κ1) is 20.6. The second kappa shape index (κ2) is 8.48. The van der Waals surface area contributed by atoms with Gasteiger partial charge in [-0.05, 0) is 57.4 Å². The number of hydrogen-bond acceptors (Lipinski definition) is 4. The first-order valence-corrected chi connectivity index (χ1v) is 10.9. The summed E-state index contributed by atoms with van der Waals surface area (Å²) in [5.41, 5.74) is 3.81. The van der Waals surface area contributed by atoms with E-state index < -0.39 is 17.8 Å². The molecule has 1 aromatic rings. The maximum atomic E-state index is 13.0. The number of rotatable bonds is 5. The number of amides is 1. The van der Waals surface area contributed by atoms with Crippen molar-refractivity contribution in [2.24, 2.45) is 17.8 Å². The number of nitrogens with one attached hydrogen (secondary N) is 1. The zero-order valence-electron chi connectivity index (χ0n) is 16.8. The number of carbonyl (C=O) groups excluding carboxylic acids is 1. The Morgan fingerprint density at radius 2 is 1.89 bits per heavy atom. The Labute approximate surface area is 170 Å². The Bertz CT molecular complexity index is 862. The van der Waals surface area contributed by atoms with E-state index in [9.17, 15) is 20.0 Å². The molecule has 0 radical (unpaired) electrons. The molecule has 2 aliphatic carbocycles. The highest BCUT2D eigenvalue weighted by atomic mass is 32.1. The van der Waals surface area contributed by atoms with Gasteiger partial charge in [-0.25, -0.2) is 0 Å². The smallest absolute Gasteiger partial charge is 0.307 e. The van der Waals surface area contributed by atoms with Gasteiger partial charge in [-0.15, -0.1) is 11.3 Å². The molecule has 1 amide bonds. The first-order valence-electron chi connectivity index (χ1n) is 10.1. The van der Waals surface area contributed by atoms with Gasteiger partial charge in [0.25, 0.3) is 0 Å². The van der Waals surface area contributed by atoms with Crippen LogP contribution in [0.25, 0.3) is 0 Å². The molecule has 0 spiro atoms. The average molecular weight is 401 g/mol. The van der Waals surface area contributed by atoms with Crippen LogP contribution < -0.4 is 5.32 Å². The van der Waals surface area contributed by atoms with Gasteiger partial charge in [0.15, 0.2) is 0 Å². The summed E-state index contributed by atoms with van der Waals surface area (Å²) in [5, 5.41) is 22.8. The average Bonchev–Trinajstić information content (AvgIpc) is 2.99. The van der Waals surface area contributed by atoms with Gasteiger partial charge in [0.2, 0.25) is 5.91 Å². The van der Waals surface area contributed by atoms with E-state index in [0.29, 0.717) is 29.3 Å². The van der Waals surface area contributed by atoms with Gasteiger partial charge in [0, 0.05) is 4.88 Å². The van der Waals surface area contributed by atoms with Gasteiger partial charge in [0.1, 0.15) is 11.1 Å². The van der Waals surface area contributed by atoms with Gasteiger partial charge in [-0.2, -0.15) is 5.26 Å². The lowest BCUT2D eigenvalue weighted by Gasteiger charge is -2.29. The summed E-state index contributed by atoms with van der Waals surface area (Å²) < 4.78 is 0. The van der Waals surface area contributed by atoms with Crippen LogP contribution in [0.5, 0.6) is 0 Å². The molecular formula is C22H28N2O3S. The van der Waals surface area contributed by atoms with Crippen LogP contribution >= 0.6 is 11.3 Å². The Balaban J connectivity index is 1.83. The number of thiophene rings is 1. The van der Waals surface area contributed by atoms with E-state index in [4.69, 9.17) is 0 Å². The molecule has 6 heteroatoms. The van der Waals surface area contributed by atoms with Crippen LogP contribution in [0.15, 0.2) is 11.1 Å². The summed E-state index contributed by atoms with van der Waals surface area (Å²) in [6.07, 6.45) is 6.16. The van der Waals surface area contributed by atoms with E-state index in [2.05, 4.69) is 18.3 Å². The van der Waals surface area contributed by atoms with E-state index in [1.54, 1.807) is 0 Å². The van der Waals surface area contributed by atoms with E-state index in [1.165, 1.54) is 22.6 Å². The van der Waals surface area contributed by atoms with Crippen molar-refractivity contribution in [3.05, 3.63) is 27.2 Å². The minimum Gasteiger partial charge on any atom is -0.481 e. The molecular weight excluding hydrogens is 372 g/mol. The van der Waals surface area contributed by atoms with E-state index >= 15 is 0 Å². The number of hydrogen-bond donors (Lipinski definition) is 2. The van der Waals surface area contributed by atoms with E-state index in [1.807, 2.05) is 13.8 Å². The fourth-order valence-electron chi connectivity index (χ4n) is 4.55. The topological polar surface area (TPSA) is 90.2 Å².